The fourth-order valence-corrected chi connectivity index (χ4v) is 12.2. The van der Waals surface area contributed by atoms with Crippen molar-refractivity contribution in [3.63, 3.8) is 0 Å². The molecule has 5 heterocycles. The lowest BCUT2D eigenvalue weighted by atomic mass is 9.73. The predicted octanol–water partition coefficient (Wildman–Crippen LogP) is 4.81. The van der Waals surface area contributed by atoms with Crippen molar-refractivity contribution in [1.82, 2.24) is 14.9 Å². The van der Waals surface area contributed by atoms with Crippen LogP contribution < -0.4 is 15.8 Å². The number of hydrogen-bond acceptors (Lipinski definition) is 21. The maximum atomic E-state index is 14.7. The van der Waals surface area contributed by atoms with Gasteiger partial charge in [0.2, 0.25) is 17.5 Å². The van der Waals surface area contributed by atoms with E-state index in [4.69, 9.17) is 42.6 Å². The number of fused-ring (bicyclic) bond motifs is 2. The van der Waals surface area contributed by atoms with Gasteiger partial charge in [-0.3, -0.25) is 28.8 Å². The van der Waals surface area contributed by atoms with E-state index in [-0.39, 0.29) is 49.3 Å². The highest BCUT2D eigenvalue weighted by Crippen LogP contribution is 2.44. The molecule has 4 aliphatic heterocycles. The summed E-state index contributed by atoms with van der Waals surface area (Å²) in [5, 5.41) is 42.0. The lowest BCUT2D eigenvalue weighted by molar-refractivity contribution is -0.307. The summed E-state index contributed by atoms with van der Waals surface area (Å²) in [4.78, 5) is 82.0. The van der Waals surface area contributed by atoms with E-state index in [0.717, 1.165) is 5.56 Å². The lowest BCUT2D eigenvalue weighted by Crippen LogP contribution is -2.61. The van der Waals surface area contributed by atoms with Crippen LogP contribution in [0.4, 0.5) is 4.79 Å². The van der Waals surface area contributed by atoms with E-state index in [0.29, 0.717) is 36.7 Å². The van der Waals surface area contributed by atoms with Crippen molar-refractivity contribution in [2.45, 2.75) is 192 Å². The highest BCUT2D eigenvalue weighted by atomic mass is 16.8. The van der Waals surface area contributed by atoms with Gasteiger partial charge in [0.1, 0.15) is 17.3 Å². The van der Waals surface area contributed by atoms with Crippen LogP contribution >= 0.6 is 0 Å². The van der Waals surface area contributed by atoms with Crippen molar-refractivity contribution in [1.29, 1.82) is 0 Å². The van der Waals surface area contributed by atoms with E-state index in [1.807, 2.05) is 13.0 Å². The van der Waals surface area contributed by atoms with E-state index < -0.39 is 131 Å². The van der Waals surface area contributed by atoms with Crippen molar-refractivity contribution in [3.8, 4) is 0 Å². The monoisotopic (exact) mass is 1120 g/mol. The van der Waals surface area contributed by atoms with Crippen LogP contribution in [-0.4, -0.2) is 187 Å². The molecule has 0 bridgehead atoms. The number of rotatable bonds is 17. The van der Waals surface area contributed by atoms with Gasteiger partial charge < -0.3 is 68.4 Å². The average molecular weight is 1120 g/mol. The molecule has 442 valence electrons. The summed E-state index contributed by atoms with van der Waals surface area (Å²) in [7, 11) is 8.55. The first-order chi connectivity index (χ1) is 37.0. The molecular formula is C56H85N5O18. The van der Waals surface area contributed by atoms with Crippen LogP contribution in [-0.2, 0) is 63.4 Å². The fraction of sp³-hybridized carbons (Fsp3) is 0.732. The molecule has 23 nitrogen and oxygen atoms in total. The van der Waals surface area contributed by atoms with Crippen LogP contribution in [0.3, 0.4) is 0 Å². The minimum atomic E-state index is -1.87. The SMILES string of the molecule is CC[C@H]1OC(=O)[C@H](C)[C@@H](O[C@H]2C[C@@](C)(OC)[C@@H](OC(=O)CCNCCCc3ccc4c(c3)c(=O)c(C(=O)O)cn4N(C)C)[C@H](C)O2)[C@H](C)C(O[C@@H]2O[C@H](C)C[C@H](N(C)C)C2=O)[C@](C)(O)C[C@@H](C)/C(=N\O)[C@H](C)C2OC(=O)O[C@@]21C. The highest BCUT2D eigenvalue weighted by Gasteiger charge is 2.59. The number of nitrogens with zero attached hydrogens (tertiary/aromatic N) is 4. The molecule has 4 N–H and O–H groups in total. The standard InChI is InChI=1S/C56H85N5O18/c1-16-40-56(10)48(78-53(68)79-56)31(4)43(58-70)29(2)26-54(8,69)47(77-52-45(64)39(59(11)12)24-30(3)72-52)32(5)46(33(6)51(67)74-40)76-42-27-55(9,71-15)49(34(7)73-42)75-41(62)21-23-57-22-17-18-35-19-20-38-36(25-35)44(63)37(50(65)66)28-61(38)60(13)14/h19-20,25,28-34,39-40,42,46-49,52,57,69-70H,16-18,21-24,26-27H2,1-15H3,(H,65,66)/b58-43+/t29-,30-,31+,32+,33-,34+,39+,40-,42+,46+,47?,48?,49+,52+,54-,55-,56-/m1/s1. The number of esters is 2. The number of nitrogens with one attached hydrogen (secondary N) is 1. The van der Waals surface area contributed by atoms with Crippen molar-refractivity contribution in [3.05, 3.63) is 45.7 Å². The van der Waals surface area contributed by atoms with E-state index in [2.05, 4.69) is 10.5 Å². The molecule has 23 heteroatoms. The Morgan fingerprint density at radius 1 is 0.924 bits per heavy atom. The second-order valence-corrected chi connectivity index (χ2v) is 23.1. The number of carbonyl (C=O) groups excluding carboxylic acids is 4. The summed E-state index contributed by atoms with van der Waals surface area (Å²) in [6.45, 7) is 17.8. The number of carbonyl (C=O) groups is 5. The first kappa shape index (κ1) is 62.9. The molecule has 2 aromatic rings. The van der Waals surface area contributed by atoms with Gasteiger partial charge in [-0.1, -0.05) is 38.9 Å². The number of cyclic esters (lactones) is 1. The lowest BCUT2D eigenvalue weighted by Gasteiger charge is -2.48. The van der Waals surface area contributed by atoms with Crippen molar-refractivity contribution in [2.24, 2.45) is 28.8 Å². The molecule has 6 rings (SSSR count). The topological polar surface area (TPSA) is 282 Å². The predicted molar refractivity (Wildman–Crippen MR) is 288 cm³/mol. The molecule has 17 atom stereocenters. The molecule has 4 fully saturated rings. The molecule has 0 aliphatic carbocycles. The quantitative estimate of drug-likeness (QED) is 0.0544. The van der Waals surface area contributed by atoms with Gasteiger partial charge in [0.05, 0.1) is 59.6 Å². The Bertz CT molecular complexity index is 2610. The van der Waals surface area contributed by atoms with E-state index >= 15 is 0 Å². The van der Waals surface area contributed by atoms with Gasteiger partial charge in [-0.25, -0.2) is 9.59 Å². The number of hydrogen-bond donors (Lipinski definition) is 4. The number of likely N-dealkylation sites (N-methyl/N-ethyl adjacent to an activating group) is 1. The Hall–Kier alpha value is -5.27. The van der Waals surface area contributed by atoms with Crippen LogP contribution in [0.2, 0.25) is 0 Å². The average Bonchev–Trinajstić information content (AvgIpc) is 3.76. The highest BCUT2D eigenvalue weighted by molar-refractivity contribution is 5.93. The Balaban J connectivity index is 1.20. The number of carboxylic acid groups (broad SMARTS) is 1. The minimum absolute atomic E-state index is 0.00552. The van der Waals surface area contributed by atoms with Gasteiger partial charge in [-0.15, -0.1) is 0 Å². The number of ketones is 1. The number of aliphatic hydroxyl groups is 1. The second-order valence-electron chi connectivity index (χ2n) is 23.1. The number of Topliss-reactive ketones (excluding diaryl/α,β-unsaturated/α-hetero) is 1. The van der Waals surface area contributed by atoms with Gasteiger partial charge in [-0.2, -0.15) is 0 Å². The van der Waals surface area contributed by atoms with Crippen LogP contribution in [0.1, 0.15) is 124 Å². The maximum Gasteiger partial charge on any atom is 0.509 e. The molecule has 1 aromatic carbocycles. The third-order valence-electron chi connectivity index (χ3n) is 16.5. The Kier molecular flexibility index (Phi) is 20.4. The number of aryl methyl sites for hydroxylation is 1. The van der Waals surface area contributed by atoms with Gasteiger partial charge >= 0.3 is 24.1 Å². The number of aromatic nitrogens is 1. The summed E-state index contributed by atoms with van der Waals surface area (Å²) in [6.07, 6.45) is -7.36. The van der Waals surface area contributed by atoms with E-state index in [1.165, 1.54) is 20.2 Å². The van der Waals surface area contributed by atoms with Gasteiger partial charge in [0.25, 0.3) is 0 Å². The number of ether oxygens (including phenoxy) is 9. The first-order valence-electron chi connectivity index (χ1n) is 27.4. The van der Waals surface area contributed by atoms with Crippen LogP contribution in [0, 0.1) is 23.7 Å². The normalized spacial score (nSPS) is 36.3. The number of pyridine rings is 1. The van der Waals surface area contributed by atoms with Crippen LogP contribution in [0.5, 0.6) is 0 Å². The maximum absolute atomic E-state index is 14.7. The van der Waals surface area contributed by atoms with Gasteiger partial charge in [0, 0.05) is 63.5 Å². The third kappa shape index (κ3) is 13.7. The van der Waals surface area contributed by atoms with Crippen molar-refractivity contribution >= 4 is 46.5 Å². The number of methoxy groups -OCH3 is 1. The Morgan fingerprint density at radius 3 is 2.24 bits per heavy atom. The first-order valence-corrected chi connectivity index (χ1v) is 27.4. The van der Waals surface area contributed by atoms with E-state index in [9.17, 15) is 44.2 Å². The minimum Gasteiger partial charge on any atom is -0.477 e. The molecule has 79 heavy (non-hydrogen) atoms. The van der Waals surface area contributed by atoms with Gasteiger partial charge in [-0.05, 0) is 112 Å². The molecule has 0 amide bonds. The summed E-state index contributed by atoms with van der Waals surface area (Å²) in [6, 6.07) is 4.85. The molecule has 0 radical (unpaired) electrons. The van der Waals surface area contributed by atoms with Crippen LogP contribution in [0.15, 0.2) is 34.3 Å². The second kappa shape index (κ2) is 25.7. The Labute approximate surface area is 462 Å². The molecule has 0 spiro atoms. The summed E-state index contributed by atoms with van der Waals surface area (Å²) in [5.41, 5.74) is -3.89. The summed E-state index contributed by atoms with van der Waals surface area (Å²) < 4.78 is 57.9. The Morgan fingerprint density at radius 2 is 1.62 bits per heavy atom. The fourth-order valence-electron chi connectivity index (χ4n) is 12.2. The zero-order valence-electron chi connectivity index (χ0n) is 48.5. The molecule has 2 unspecified atom stereocenters. The number of oxime groups is 1. The molecule has 4 saturated heterocycles. The van der Waals surface area contributed by atoms with Gasteiger partial charge in [0.15, 0.2) is 24.1 Å². The summed E-state index contributed by atoms with van der Waals surface area (Å²) in [5.74, 6) is -6.56. The zero-order chi connectivity index (χ0) is 58.6. The molecule has 1 aromatic heterocycles. The molecular weight excluding hydrogens is 1030 g/mol. The zero-order valence-corrected chi connectivity index (χ0v) is 48.5. The molecule has 4 aliphatic rings. The smallest absolute Gasteiger partial charge is 0.477 e. The number of aromatic carboxylic acids is 1. The van der Waals surface area contributed by atoms with Crippen molar-refractivity contribution < 1.29 is 82.0 Å². The number of benzene rings is 1. The van der Waals surface area contributed by atoms with Crippen molar-refractivity contribution in [2.75, 3.05) is 53.4 Å². The van der Waals surface area contributed by atoms with E-state index in [1.54, 1.807) is 110 Å². The largest absolute Gasteiger partial charge is 0.509 e. The summed E-state index contributed by atoms with van der Waals surface area (Å²) >= 11 is 0. The van der Waals surface area contributed by atoms with Crippen LogP contribution in [0.25, 0.3) is 10.9 Å². The number of carboxylic acids is 1. The third-order valence-corrected chi connectivity index (χ3v) is 16.5. The molecule has 0 saturated carbocycles.